The number of urea groups is 1. The van der Waals surface area contributed by atoms with Crippen LogP contribution in [0, 0.1) is 0 Å². The SMILES string of the molecule is CC(C(=O)NC(=O)NC1CCCC1)N1CCN(C(=O)Cc2ccccc2Cl)CC1. The van der Waals surface area contributed by atoms with E-state index >= 15 is 0 Å². The van der Waals surface area contributed by atoms with Gasteiger partial charge in [-0.2, -0.15) is 0 Å². The maximum atomic E-state index is 12.6. The van der Waals surface area contributed by atoms with E-state index < -0.39 is 12.1 Å². The van der Waals surface area contributed by atoms with Crippen molar-refractivity contribution in [1.82, 2.24) is 20.4 Å². The van der Waals surface area contributed by atoms with Crippen molar-refractivity contribution >= 4 is 29.4 Å². The molecule has 1 aliphatic heterocycles. The number of imide groups is 1. The van der Waals surface area contributed by atoms with Crippen LogP contribution in [0.4, 0.5) is 4.79 Å². The molecule has 0 radical (unpaired) electrons. The number of hydrogen-bond donors (Lipinski definition) is 2. The normalized spacial score (nSPS) is 19.0. The lowest BCUT2D eigenvalue weighted by atomic mass is 10.1. The molecule has 1 heterocycles. The fraction of sp³-hybridized carbons (Fsp3) is 0.571. The highest BCUT2D eigenvalue weighted by Gasteiger charge is 2.29. The van der Waals surface area contributed by atoms with Gasteiger partial charge in [0.25, 0.3) is 0 Å². The molecule has 29 heavy (non-hydrogen) atoms. The Kier molecular flexibility index (Phi) is 7.50. The lowest BCUT2D eigenvalue weighted by Crippen LogP contribution is -2.56. The second kappa shape index (κ2) is 10.1. The lowest BCUT2D eigenvalue weighted by molar-refractivity contribution is -0.133. The van der Waals surface area contributed by atoms with Crippen LogP contribution < -0.4 is 10.6 Å². The van der Waals surface area contributed by atoms with Crippen LogP contribution in [0.1, 0.15) is 38.2 Å². The van der Waals surface area contributed by atoms with Crippen LogP contribution in [-0.4, -0.2) is 65.9 Å². The van der Waals surface area contributed by atoms with Crippen LogP contribution in [0.3, 0.4) is 0 Å². The Balaban J connectivity index is 1.43. The van der Waals surface area contributed by atoms with E-state index in [0.717, 1.165) is 31.2 Å². The molecule has 3 rings (SSSR count). The molecule has 158 valence electrons. The molecule has 1 unspecified atom stereocenters. The molecule has 1 atom stereocenters. The number of piperazine rings is 1. The summed E-state index contributed by atoms with van der Waals surface area (Å²) in [7, 11) is 0. The second-order valence-electron chi connectivity index (χ2n) is 7.81. The van der Waals surface area contributed by atoms with Gasteiger partial charge in [-0.1, -0.05) is 42.6 Å². The highest BCUT2D eigenvalue weighted by molar-refractivity contribution is 6.31. The van der Waals surface area contributed by atoms with E-state index in [-0.39, 0.29) is 24.3 Å². The zero-order valence-electron chi connectivity index (χ0n) is 16.8. The molecule has 0 aromatic heterocycles. The molecule has 2 aliphatic rings. The molecule has 1 aromatic carbocycles. The summed E-state index contributed by atoms with van der Waals surface area (Å²) in [5.74, 6) is -0.276. The zero-order valence-corrected chi connectivity index (χ0v) is 17.6. The third-order valence-electron chi connectivity index (χ3n) is 5.82. The molecule has 0 bridgehead atoms. The minimum atomic E-state index is -0.426. The highest BCUT2D eigenvalue weighted by Crippen LogP contribution is 2.18. The molecule has 2 fully saturated rings. The first-order valence-corrected chi connectivity index (χ1v) is 10.7. The lowest BCUT2D eigenvalue weighted by Gasteiger charge is -2.37. The second-order valence-corrected chi connectivity index (χ2v) is 8.21. The van der Waals surface area contributed by atoms with Gasteiger partial charge in [-0.3, -0.25) is 19.8 Å². The van der Waals surface area contributed by atoms with E-state index in [0.29, 0.717) is 31.2 Å². The van der Waals surface area contributed by atoms with Crippen LogP contribution in [0.15, 0.2) is 24.3 Å². The molecule has 7 nitrogen and oxygen atoms in total. The predicted octanol–water partition coefficient (Wildman–Crippen LogP) is 2.18. The fourth-order valence-electron chi connectivity index (χ4n) is 3.95. The third-order valence-corrected chi connectivity index (χ3v) is 6.19. The number of nitrogens with zero attached hydrogens (tertiary/aromatic N) is 2. The van der Waals surface area contributed by atoms with Crippen molar-refractivity contribution < 1.29 is 14.4 Å². The standard InChI is InChI=1S/C21H29ClN4O3/c1-15(20(28)24-21(29)23-17-7-3-4-8-17)25-10-12-26(13-11-25)19(27)14-16-6-2-5-9-18(16)22/h2,5-6,9,15,17H,3-4,7-8,10-14H2,1H3,(H2,23,24,28,29). The summed E-state index contributed by atoms with van der Waals surface area (Å²) in [5, 5.41) is 5.91. The van der Waals surface area contributed by atoms with E-state index in [1.807, 2.05) is 23.1 Å². The smallest absolute Gasteiger partial charge is 0.321 e. The van der Waals surface area contributed by atoms with Crippen LogP contribution in [-0.2, 0) is 16.0 Å². The van der Waals surface area contributed by atoms with Crippen molar-refractivity contribution in [2.75, 3.05) is 26.2 Å². The van der Waals surface area contributed by atoms with Crippen LogP contribution in [0.2, 0.25) is 5.02 Å². The summed E-state index contributed by atoms with van der Waals surface area (Å²) < 4.78 is 0. The van der Waals surface area contributed by atoms with Gasteiger partial charge < -0.3 is 10.2 Å². The number of benzene rings is 1. The topological polar surface area (TPSA) is 81.8 Å². The molecule has 1 saturated heterocycles. The maximum absolute atomic E-state index is 12.6. The number of halogens is 1. The molecule has 0 spiro atoms. The minimum absolute atomic E-state index is 0.0331. The quantitative estimate of drug-likeness (QED) is 0.765. The van der Waals surface area contributed by atoms with Gasteiger partial charge in [-0.15, -0.1) is 0 Å². The van der Waals surface area contributed by atoms with Gasteiger partial charge >= 0.3 is 6.03 Å². The van der Waals surface area contributed by atoms with Crippen LogP contribution >= 0.6 is 11.6 Å². The maximum Gasteiger partial charge on any atom is 0.321 e. The van der Waals surface area contributed by atoms with E-state index in [2.05, 4.69) is 10.6 Å². The minimum Gasteiger partial charge on any atom is -0.340 e. The highest BCUT2D eigenvalue weighted by atomic mass is 35.5. The summed E-state index contributed by atoms with van der Waals surface area (Å²) in [5.41, 5.74) is 0.822. The molecule has 1 aromatic rings. The average molecular weight is 421 g/mol. The fourth-order valence-corrected chi connectivity index (χ4v) is 4.15. The van der Waals surface area contributed by atoms with Gasteiger partial charge in [-0.25, -0.2) is 4.79 Å². The molecule has 4 amide bonds. The first-order chi connectivity index (χ1) is 13.9. The Morgan fingerprint density at radius 3 is 2.41 bits per heavy atom. The Labute approximate surface area is 176 Å². The van der Waals surface area contributed by atoms with Crippen molar-refractivity contribution in [1.29, 1.82) is 0 Å². The average Bonchev–Trinajstić information content (AvgIpc) is 3.22. The number of hydrogen-bond acceptors (Lipinski definition) is 4. The van der Waals surface area contributed by atoms with Crippen molar-refractivity contribution in [3.63, 3.8) is 0 Å². The van der Waals surface area contributed by atoms with E-state index in [4.69, 9.17) is 11.6 Å². The zero-order chi connectivity index (χ0) is 20.8. The number of carbonyl (C=O) groups is 3. The molecule has 8 heteroatoms. The van der Waals surface area contributed by atoms with Crippen LogP contribution in [0.5, 0.6) is 0 Å². The molecular weight excluding hydrogens is 392 g/mol. The molecule has 1 aliphatic carbocycles. The van der Waals surface area contributed by atoms with Crippen LogP contribution in [0.25, 0.3) is 0 Å². The van der Waals surface area contributed by atoms with Crippen molar-refractivity contribution in [3.05, 3.63) is 34.9 Å². The molecular formula is C21H29ClN4O3. The number of nitrogens with one attached hydrogen (secondary N) is 2. The number of carbonyl (C=O) groups excluding carboxylic acids is 3. The Hall–Kier alpha value is -2.12. The predicted molar refractivity (Wildman–Crippen MR) is 112 cm³/mol. The van der Waals surface area contributed by atoms with Gasteiger partial charge in [0, 0.05) is 37.2 Å². The van der Waals surface area contributed by atoms with Crippen molar-refractivity contribution in [2.45, 2.75) is 51.1 Å². The van der Waals surface area contributed by atoms with Gasteiger partial charge in [0.15, 0.2) is 0 Å². The van der Waals surface area contributed by atoms with Gasteiger partial charge in [0.1, 0.15) is 0 Å². The Bertz CT molecular complexity index is 743. The Morgan fingerprint density at radius 1 is 1.10 bits per heavy atom. The van der Waals surface area contributed by atoms with Gasteiger partial charge in [0.05, 0.1) is 12.5 Å². The summed E-state index contributed by atoms with van der Waals surface area (Å²) in [6.45, 7) is 4.07. The van der Waals surface area contributed by atoms with E-state index in [9.17, 15) is 14.4 Å². The first-order valence-electron chi connectivity index (χ1n) is 10.3. The Morgan fingerprint density at radius 2 is 1.76 bits per heavy atom. The van der Waals surface area contributed by atoms with Gasteiger partial charge in [-0.05, 0) is 31.4 Å². The summed E-state index contributed by atoms with van der Waals surface area (Å²) in [4.78, 5) is 40.8. The van der Waals surface area contributed by atoms with Crippen molar-refractivity contribution in [3.8, 4) is 0 Å². The van der Waals surface area contributed by atoms with E-state index in [1.54, 1.807) is 17.9 Å². The molecule has 2 N–H and O–H groups in total. The first kappa shape index (κ1) is 21.6. The number of amides is 4. The summed E-state index contributed by atoms with van der Waals surface area (Å²) >= 11 is 6.15. The third kappa shape index (κ3) is 5.93. The summed E-state index contributed by atoms with van der Waals surface area (Å²) in [6, 6.07) is 6.69. The van der Waals surface area contributed by atoms with Gasteiger partial charge in [0.2, 0.25) is 11.8 Å². The van der Waals surface area contributed by atoms with E-state index in [1.165, 1.54) is 0 Å². The molecule has 1 saturated carbocycles. The van der Waals surface area contributed by atoms with Crippen molar-refractivity contribution in [2.24, 2.45) is 0 Å². The monoisotopic (exact) mass is 420 g/mol. The largest absolute Gasteiger partial charge is 0.340 e. The summed E-state index contributed by atoms with van der Waals surface area (Å²) in [6.07, 6.45) is 4.46. The number of rotatable bonds is 5.